The SMILES string of the molecule is O=C(CC[C@@H](O[C@H]1O[C@@H](CO)[C@H](O)[C@@H](O)[C@@H]1O)[C@H](O)c1ccc(O)c(O)c1)c1ccc(O)c(O)c1. The molecule has 1 aliphatic heterocycles. The molecule has 0 saturated carbocycles. The Morgan fingerprint density at radius 3 is 2.11 bits per heavy atom. The predicted octanol–water partition coefficient (Wildman–Crippen LogP) is -0.609. The lowest BCUT2D eigenvalue weighted by molar-refractivity contribution is -0.317. The number of hydrogen-bond donors (Lipinski definition) is 9. The molecule has 192 valence electrons. The Morgan fingerprint density at radius 1 is 0.886 bits per heavy atom. The summed E-state index contributed by atoms with van der Waals surface area (Å²) in [5.74, 6) is -2.35. The number of carbonyl (C=O) groups excluding carboxylic acids is 1. The van der Waals surface area contributed by atoms with Crippen molar-refractivity contribution in [3.8, 4) is 23.0 Å². The molecule has 2 aromatic rings. The first-order chi connectivity index (χ1) is 16.5. The Balaban J connectivity index is 1.82. The van der Waals surface area contributed by atoms with Crippen LogP contribution in [-0.2, 0) is 9.47 Å². The molecule has 0 radical (unpaired) electrons. The largest absolute Gasteiger partial charge is 0.504 e. The third-order valence-corrected chi connectivity index (χ3v) is 5.80. The molecule has 12 heteroatoms. The number of carbonyl (C=O) groups is 1. The van der Waals surface area contributed by atoms with E-state index in [0.29, 0.717) is 0 Å². The normalized spacial score (nSPS) is 26.3. The van der Waals surface area contributed by atoms with E-state index in [1.807, 2.05) is 0 Å². The fourth-order valence-electron chi connectivity index (χ4n) is 3.71. The lowest BCUT2D eigenvalue weighted by Crippen LogP contribution is -2.59. The quantitative estimate of drug-likeness (QED) is 0.157. The lowest BCUT2D eigenvalue weighted by Gasteiger charge is -2.41. The maximum atomic E-state index is 12.6. The van der Waals surface area contributed by atoms with Gasteiger partial charge in [0.25, 0.3) is 0 Å². The van der Waals surface area contributed by atoms with Crippen molar-refractivity contribution in [3.05, 3.63) is 47.5 Å². The van der Waals surface area contributed by atoms with Gasteiger partial charge in [0.05, 0.1) is 12.7 Å². The summed E-state index contributed by atoms with van der Waals surface area (Å²) in [4.78, 5) is 12.6. The highest BCUT2D eigenvalue weighted by atomic mass is 16.7. The molecule has 7 atom stereocenters. The van der Waals surface area contributed by atoms with Crippen molar-refractivity contribution in [1.82, 2.24) is 0 Å². The molecule has 0 bridgehead atoms. The van der Waals surface area contributed by atoms with Crippen LogP contribution in [0.1, 0.15) is 34.9 Å². The number of hydrogen-bond acceptors (Lipinski definition) is 12. The lowest BCUT2D eigenvalue weighted by atomic mass is 9.96. The van der Waals surface area contributed by atoms with Crippen LogP contribution in [0.3, 0.4) is 0 Å². The van der Waals surface area contributed by atoms with Crippen LogP contribution in [0, 0.1) is 0 Å². The van der Waals surface area contributed by atoms with Gasteiger partial charge in [-0.2, -0.15) is 0 Å². The molecular formula is C23H28O12. The molecule has 1 saturated heterocycles. The predicted molar refractivity (Wildman–Crippen MR) is 117 cm³/mol. The van der Waals surface area contributed by atoms with Crippen molar-refractivity contribution in [1.29, 1.82) is 0 Å². The molecule has 9 N–H and O–H groups in total. The van der Waals surface area contributed by atoms with Crippen LogP contribution in [0.4, 0.5) is 0 Å². The highest BCUT2D eigenvalue weighted by molar-refractivity contribution is 5.96. The number of aliphatic hydroxyl groups excluding tert-OH is 5. The first kappa shape index (κ1) is 26.6. The smallest absolute Gasteiger partial charge is 0.187 e. The van der Waals surface area contributed by atoms with E-state index in [9.17, 15) is 50.8 Å². The number of ether oxygens (including phenoxy) is 2. The summed E-state index contributed by atoms with van der Waals surface area (Å²) in [5.41, 5.74) is 0.160. The maximum absolute atomic E-state index is 12.6. The summed E-state index contributed by atoms with van der Waals surface area (Å²) >= 11 is 0. The molecule has 0 amide bonds. The van der Waals surface area contributed by atoms with Gasteiger partial charge < -0.3 is 55.4 Å². The Bertz CT molecular complexity index is 1030. The Hall–Kier alpha value is -2.97. The minimum Gasteiger partial charge on any atom is -0.504 e. The van der Waals surface area contributed by atoms with E-state index in [-0.39, 0.29) is 24.0 Å². The van der Waals surface area contributed by atoms with Crippen LogP contribution in [0.5, 0.6) is 23.0 Å². The molecule has 0 spiro atoms. The Labute approximate surface area is 199 Å². The standard InChI is InChI=1S/C23H28O12/c24-9-18-20(31)21(32)22(33)23(35-18)34-17(19(30)11-2-4-14(27)16(29)8-11)6-5-12(25)10-1-3-13(26)15(28)7-10/h1-4,7-8,17-24,26-33H,5-6,9H2/t17-,18+,19-,20+,21-,22+,23+/m1/s1. The third-order valence-electron chi connectivity index (χ3n) is 5.80. The molecule has 1 heterocycles. The van der Waals surface area contributed by atoms with E-state index in [4.69, 9.17) is 9.47 Å². The number of phenols is 4. The molecule has 35 heavy (non-hydrogen) atoms. The van der Waals surface area contributed by atoms with Crippen LogP contribution in [0.2, 0.25) is 0 Å². The van der Waals surface area contributed by atoms with E-state index in [1.165, 1.54) is 12.1 Å². The van der Waals surface area contributed by atoms with Gasteiger partial charge in [-0.3, -0.25) is 4.79 Å². The van der Waals surface area contributed by atoms with E-state index in [0.717, 1.165) is 24.3 Å². The van der Waals surface area contributed by atoms with Crippen molar-refractivity contribution in [3.63, 3.8) is 0 Å². The second kappa shape index (κ2) is 11.2. The van der Waals surface area contributed by atoms with Crippen LogP contribution >= 0.6 is 0 Å². The van der Waals surface area contributed by atoms with Gasteiger partial charge in [-0.25, -0.2) is 0 Å². The summed E-state index contributed by atoms with van der Waals surface area (Å²) in [6.45, 7) is -0.702. The zero-order chi connectivity index (χ0) is 25.9. The first-order valence-corrected chi connectivity index (χ1v) is 10.7. The van der Waals surface area contributed by atoms with Crippen molar-refractivity contribution in [2.75, 3.05) is 6.61 Å². The van der Waals surface area contributed by atoms with Crippen molar-refractivity contribution >= 4 is 5.78 Å². The van der Waals surface area contributed by atoms with Gasteiger partial charge in [-0.15, -0.1) is 0 Å². The molecule has 1 fully saturated rings. The number of ketones is 1. The molecule has 0 unspecified atom stereocenters. The Morgan fingerprint density at radius 2 is 1.51 bits per heavy atom. The monoisotopic (exact) mass is 496 g/mol. The minimum atomic E-state index is -1.76. The molecule has 3 rings (SSSR count). The van der Waals surface area contributed by atoms with Crippen LogP contribution in [-0.4, -0.2) is 95.2 Å². The van der Waals surface area contributed by atoms with Gasteiger partial charge in [-0.05, 0) is 42.3 Å². The van der Waals surface area contributed by atoms with Gasteiger partial charge in [0.2, 0.25) is 0 Å². The molecule has 0 aliphatic carbocycles. The van der Waals surface area contributed by atoms with Crippen LogP contribution < -0.4 is 0 Å². The van der Waals surface area contributed by atoms with E-state index >= 15 is 0 Å². The van der Waals surface area contributed by atoms with Gasteiger partial charge in [0.1, 0.15) is 30.5 Å². The van der Waals surface area contributed by atoms with Gasteiger partial charge in [-0.1, -0.05) is 6.07 Å². The fourth-order valence-corrected chi connectivity index (χ4v) is 3.71. The third kappa shape index (κ3) is 6.00. The maximum Gasteiger partial charge on any atom is 0.187 e. The van der Waals surface area contributed by atoms with Gasteiger partial charge in [0, 0.05) is 12.0 Å². The summed E-state index contributed by atoms with van der Waals surface area (Å²) in [5, 5.41) is 89.0. The zero-order valence-corrected chi connectivity index (χ0v) is 18.4. The molecule has 12 nitrogen and oxygen atoms in total. The van der Waals surface area contributed by atoms with Crippen molar-refractivity contribution in [2.24, 2.45) is 0 Å². The highest BCUT2D eigenvalue weighted by Crippen LogP contribution is 2.33. The van der Waals surface area contributed by atoms with Gasteiger partial charge in [0.15, 0.2) is 35.1 Å². The summed E-state index contributed by atoms with van der Waals surface area (Å²) < 4.78 is 11.0. The van der Waals surface area contributed by atoms with Crippen LogP contribution in [0.15, 0.2) is 36.4 Å². The number of aromatic hydroxyl groups is 4. The number of phenolic OH excluding ortho intramolecular Hbond substituents is 4. The second-order valence-corrected chi connectivity index (χ2v) is 8.23. The first-order valence-electron chi connectivity index (χ1n) is 10.7. The molecule has 1 aliphatic rings. The van der Waals surface area contributed by atoms with E-state index in [1.54, 1.807) is 0 Å². The molecule has 2 aromatic carbocycles. The number of benzene rings is 2. The van der Waals surface area contributed by atoms with Crippen molar-refractivity contribution < 1.29 is 60.2 Å². The minimum absolute atomic E-state index is 0.0728. The van der Waals surface area contributed by atoms with Crippen molar-refractivity contribution in [2.45, 2.75) is 55.8 Å². The zero-order valence-electron chi connectivity index (χ0n) is 18.4. The van der Waals surface area contributed by atoms with E-state index in [2.05, 4.69) is 0 Å². The average molecular weight is 496 g/mol. The van der Waals surface area contributed by atoms with E-state index < -0.39 is 78.3 Å². The Kier molecular flexibility index (Phi) is 8.51. The topological polar surface area (TPSA) is 218 Å². The summed E-state index contributed by atoms with van der Waals surface area (Å²) in [6, 6.07) is 6.99. The summed E-state index contributed by atoms with van der Waals surface area (Å²) in [7, 11) is 0. The number of rotatable bonds is 9. The highest BCUT2D eigenvalue weighted by Gasteiger charge is 2.45. The molecular weight excluding hydrogens is 468 g/mol. The summed E-state index contributed by atoms with van der Waals surface area (Å²) in [6.07, 6.45) is -11.2. The average Bonchev–Trinajstić information content (AvgIpc) is 2.84. The number of Topliss-reactive ketones (excluding diaryl/α,β-unsaturated/α-hetero) is 1. The molecule has 0 aromatic heterocycles. The number of aliphatic hydroxyl groups is 5. The second-order valence-electron chi connectivity index (χ2n) is 8.23. The van der Waals surface area contributed by atoms with Gasteiger partial charge >= 0.3 is 0 Å². The fraction of sp³-hybridized carbons (Fsp3) is 0.435. The van der Waals surface area contributed by atoms with Crippen LogP contribution in [0.25, 0.3) is 0 Å².